The molecular weight excluding hydrogens is 452 g/mol. The Labute approximate surface area is 207 Å². The minimum absolute atomic E-state index is 0.0651. The predicted octanol–water partition coefficient (Wildman–Crippen LogP) is 5.13. The molecule has 1 aliphatic carbocycles. The van der Waals surface area contributed by atoms with Crippen molar-refractivity contribution in [3.05, 3.63) is 40.9 Å². The van der Waals surface area contributed by atoms with Gasteiger partial charge in [-0.2, -0.15) is 9.97 Å². The van der Waals surface area contributed by atoms with Gasteiger partial charge >= 0.3 is 0 Å². The second kappa shape index (κ2) is 10.0. The largest absolute Gasteiger partial charge is 0.361 e. The second-order valence-electron chi connectivity index (χ2n) is 9.60. The fraction of sp³-hybridized carbons (Fsp3) is 0.560. The molecule has 33 heavy (non-hydrogen) atoms. The van der Waals surface area contributed by atoms with Crippen LogP contribution >= 0.6 is 23.8 Å². The van der Waals surface area contributed by atoms with Crippen LogP contribution in [-0.2, 0) is 5.41 Å². The third-order valence-corrected chi connectivity index (χ3v) is 7.85. The Balaban J connectivity index is 1.30. The molecule has 1 aromatic carbocycles. The van der Waals surface area contributed by atoms with Crippen molar-refractivity contribution in [3.63, 3.8) is 0 Å². The normalized spacial score (nSPS) is 19.8. The van der Waals surface area contributed by atoms with Gasteiger partial charge in [-0.3, -0.25) is 0 Å². The third-order valence-electron chi connectivity index (χ3n) is 7.37. The highest BCUT2D eigenvalue weighted by Crippen LogP contribution is 2.41. The number of hydrogen-bond donors (Lipinski definition) is 2. The molecule has 6 nitrogen and oxygen atoms in total. The molecule has 0 atom stereocenters. The lowest BCUT2D eigenvalue weighted by Gasteiger charge is -2.31. The average Bonchev–Trinajstić information content (AvgIpc) is 3.61. The quantitative estimate of drug-likeness (QED) is 0.551. The number of aromatic nitrogens is 2. The Morgan fingerprint density at radius 3 is 2.09 bits per heavy atom. The van der Waals surface area contributed by atoms with Crippen LogP contribution in [0.15, 0.2) is 30.3 Å². The first-order valence-electron chi connectivity index (χ1n) is 12.3. The van der Waals surface area contributed by atoms with E-state index in [2.05, 4.69) is 38.6 Å². The van der Waals surface area contributed by atoms with E-state index in [1.165, 1.54) is 44.1 Å². The maximum Gasteiger partial charge on any atom is 0.232 e. The molecule has 0 unspecified atom stereocenters. The molecule has 2 saturated heterocycles. The molecule has 2 aromatic rings. The number of thiocarbonyl (C=S) groups is 1. The van der Waals surface area contributed by atoms with Crippen molar-refractivity contribution in [2.24, 2.45) is 0 Å². The van der Waals surface area contributed by atoms with Crippen LogP contribution < -0.4 is 20.4 Å². The molecule has 8 heteroatoms. The first kappa shape index (κ1) is 22.7. The van der Waals surface area contributed by atoms with Gasteiger partial charge in [0.15, 0.2) is 5.11 Å². The third kappa shape index (κ3) is 5.19. The molecule has 0 amide bonds. The van der Waals surface area contributed by atoms with Crippen molar-refractivity contribution in [1.82, 2.24) is 15.3 Å². The molecule has 176 valence electrons. The Kier molecular flexibility index (Phi) is 6.88. The van der Waals surface area contributed by atoms with Gasteiger partial charge in [0.2, 0.25) is 5.95 Å². The number of nitrogens with zero attached hydrogens (tertiary/aromatic N) is 4. The summed E-state index contributed by atoms with van der Waals surface area (Å²) in [5.74, 6) is 2.59. The highest BCUT2D eigenvalue weighted by atomic mass is 35.5. The van der Waals surface area contributed by atoms with Gasteiger partial charge in [0, 0.05) is 49.2 Å². The van der Waals surface area contributed by atoms with E-state index >= 15 is 0 Å². The fourth-order valence-corrected chi connectivity index (χ4v) is 5.88. The Hall–Kier alpha value is -2.12. The first-order chi connectivity index (χ1) is 16.1. The molecule has 3 heterocycles. The average molecular weight is 485 g/mol. The molecule has 0 radical (unpaired) electrons. The minimum Gasteiger partial charge on any atom is -0.361 e. The second-order valence-corrected chi connectivity index (χ2v) is 10.4. The van der Waals surface area contributed by atoms with E-state index in [1.54, 1.807) is 0 Å². The van der Waals surface area contributed by atoms with Crippen molar-refractivity contribution in [1.29, 1.82) is 0 Å². The summed E-state index contributed by atoms with van der Waals surface area (Å²) in [4.78, 5) is 14.4. The van der Waals surface area contributed by atoms with Crippen molar-refractivity contribution >= 4 is 46.5 Å². The molecule has 2 N–H and O–H groups in total. The molecule has 2 aliphatic heterocycles. The number of anilines is 3. The van der Waals surface area contributed by atoms with Crippen molar-refractivity contribution in [3.8, 4) is 0 Å². The molecule has 5 rings (SSSR count). The number of halogens is 1. The van der Waals surface area contributed by atoms with Crippen LogP contribution in [0.2, 0.25) is 5.02 Å². The zero-order valence-corrected chi connectivity index (χ0v) is 20.7. The van der Waals surface area contributed by atoms with Crippen molar-refractivity contribution in [2.45, 2.75) is 56.8 Å². The van der Waals surface area contributed by atoms with E-state index in [-0.39, 0.29) is 5.41 Å². The number of benzene rings is 1. The summed E-state index contributed by atoms with van der Waals surface area (Å²) in [7, 11) is 0. The predicted molar refractivity (Wildman–Crippen MR) is 141 cm³/mol. The molecule has 1 aromatic heterocycles. The number of rotatable bonds is 6. The molecule has 1 saturated carbocycles. The van der Waals surface area contributed by atoms with Gasteiger partial charge in [-0.25, -0.2) is 0 Å². The lowest BCUT2D eigenvalue weighted by atomic mass is 9.79. The first-order valence-corrected chi connectivity index (χ1v) is 13.1. The van der Waals surface area contributed by atoms with Crippen LogP contribution in [-0.4, -0.2) is 47.8 Å². The SMILES string of the molecule is S=C(NCC1(c2cccc(Cl)c2)CCCC1)Nc1nc(N2CCCC2)cc(N2CCCC2)n1. The number of hydrogen-bond acceptors (Lipinski definition) is 5. The highest BCUT2D eigenvalue weighted by molar-refractivity contribution is 7.80. The number of nitrogens with one attached hydrogen (secondary N) is 2. The zero-order chi connectivity index (χ0) is 22.7. The van der Waals surface area contributed by atoms with Crippen LogP contribution in [0.25, 0.3) is 0 Å². The Morgan fingerprint density at radius 1 is 0.909 bits per heavy atom. The van der Waals surface area contributed by atoms with Gasteiger partial charge in [0.25, 0.3) is 0 Å². The molecule has 3 aliphatic rings. The summed E-state index contributed by atoms with van der Waals surface area (Å²) < 4.78 is 0. The summed E-state index contributed by atoms with van der Waals surface area (Å²) >= 11 is 12.0. The molecule has 0 bridgehead atoms. The van der Waals surface area contributed by atoms with Crippen LogP contribution in [0.4, 0.5) is 17.6 Å². The molecular formula is C25H33ClN6S. The van der Waals surface area contributed by atoms with Gasteiger partial charge in [-0.05, 0) is 68.4 Å². The monoisotopic (exact) mass is 484 g/mol. The van der Waals surface area contributed by atoms with E-state index in [4.69, 9.17) is 33.8 Å². The zero-order valence-electron chi connectivity index (χ0n) is 19.2. The van der Waals surface area contributed by atoms with Gasteiger partial charge in [0.05, 0.1) is 0 Å². The maximum absolute atomic E-state index is 6.31. The Bertz CT molecular complexity index is 946. The van der Waals surface area contributed by atoms with E-state index < -0.39 is 0 Å². The molecule has 3 fully saturated rings. The van der Waals surface area contributed by atoms with E-state index in [0.717, 1.165) is 62.2 Å². The summed E-state index contributed by atoms with van der Waals surface area (Å²) in [6.07, 6.45) is 9.62. The van der Waals surface area contributed by atoms with Gasteiger partial charge < -0.3 is 20.4 Å². The van der Waals surface area contributed by atoms with Crippen molar-refractivity contribution in [2.75, 3.05) is 47.8 Å². The van der Waals surface area contributed by atoms with Crippen LogP contribution in [0.5, 0.6) is 0 Å². The summed E-state index contributed by atoms with van der Waals surface area (Å²) in [5, 5.41) is 8.14. The lowest BCUT2D eigenvalue weighted by Crippen LogP contribution is -2.41. The van der Waals surface area contributed by atoms with Gasteiger partial charge in [-0.1, -0.05) is 36.6 Å². The Morgan fingerprint density at radius 2 is 1.52 bits per heavy atom. The summed E-state index contributed by atoms with van der Waals surface area (Å²) in [5.41, 5.74) is 1.36. The summed E-state index contributed by atoms with van der Waals surface area (Å²) in [6, 6.07) is 10.4. The van der Waals surface area contributed by atoms with Gasteiger partial charge in [0.1, 0.15) is 11.6 Å². The van der Waals surface area contributed by atoms with Crippen LogP contribution in [0.3, 0.4) is 0 Å². The smallest absolute Gasteiger partial charge is 0.232 e. The van der Waals surface area contributed by atoms with E-state index in [0.29, 0.717) is 11.1 Å². The van der Waals surface area contributed by atoms with E-state index in [1.807, 2.05) is 12.1 Å². The van der Waals surface area contributed by atoms with Crippen molar-refractivity contribution < 1.29 is 0 Å². The van der Waals surface area contributed by atoms with Gasteiger partial charge in [-0.15, -0.1) is 0 Å². The lowest BCUT2D eigenvalue weighted by molar-refractivity contribution is 0.435. The highest BCUT2D eigenvalue weighted by Gasteiger charge is 2.35. The molecule has 0 spiro atoms. The van der Waals surface area contributed by atoms with Crippen LogP contribution in [0.1, 0.15) is 56.9 Å². The fourth-order valence-electron chi connectivity index (χ4n) is 5.53. The minimum atomic E-state index is 0.0651. The standard InChI is InChI=1S/C25H33ClN6S/c26-20-9-7-8-19(16-20)25(10-1-2-11-25)18-27-24(33)30-23-28-21(31-12-3-4-13-31)17-22(29-23)32-14-5-6-15-32/h7-9,16-17H,1-6,10-15,18H2,(H2,27,28,29,30,33). The summed E-state index contributed by atoms with van der Waals surface area (Å²) in [6.45, 7) is 5.01. The van der Waals surface area contributed by atoms with E-state index in [9.17, 15) is 0 Å². The van der Waals surface area contributed by atoms with Crippen LogP contribution in [0, 0.1) is 0 Å². The topological polar surface area (TPSA) is 56.3 Å². The maximum atomic E-state index is 6.31.